The summed E-state index contributed by atoms with van der Waals surface area (Å²) < 4.78 is 5.26. The molecule has 1 saturated heterocycles. The molecule has 1 aromatic rings. The average molecular weight is 238 g/mol. The van der Waals surface area contributed by atoms with E-state index in [2.05, 4.69) is 17.1 Å². The number of aromatic nitrogens is 2. The Balaban J connectivity index is 2.12. The predicted molar refractivity (Wildman–Crippen MR) is 61.3 cm³/mol. The third-order valence-corrected chi connectivity index (χ3v) is 3.20. The van der Waals surface area contributed by atoms with E-state index in [1.165, 1.54) is 0 Å². The van der Waals surface area contributed by atoms with Gasteiger partial charge in [-0.3, -0.25) is 9.69 Å². The van der Waals surface area contributed by atoms with Gasteiger partial charge in [-0.15, -0.1) is 0 Å². The lowest BCUT2D eigenvalue weighted by Crippen LogP contribution is -2.47. The first-order valence-corrected chi connectivity index (χ1v) is 5.81. The van der Waals surface area contributed by atoms with Crippen molar-refractivity contribution in [3.05, 3.63) is 11.7 Å². The highest BCUT2D eigenvalue weighted by molar-refractivity contribution is 5.75. The fourth-order valence-electron chi connectivity index (χ4n) is 2.42. The predicted octanol–water partition coefficient (Wildman–Crippen LogP) is 0.217. The van der Waals surface area contributed by atoms with E-state index in [0.29, 0.717) is 18.3 Å². The molecule has 1 aromatic heterocycles. The molecule has 0 aliphatic carbocycles. The molecule has 94 valence electrons. The molecular formula is C11H18N4O2. The van der Waals surface area contributed by atoms with Crippen molar-refractivity contribution in [3.63, 3.8) is 0 Å². The topological polar surface area (TPSA) is 85.3 Å². The first-order valence-electron chi connectivity index (χ1n) is 5.81. The van der Waals surface area contributed by atoms with Gasteiger partial charge in [0.2, 0.25) is 11.8 Å². The molecule has 1 amide bonds. The standard InChI is InChI=1S/C11H18N4O2/c1-8-13-10(17-14-8)11(2)4-3-5-15(7-11)6-9(12)16/h3-7H2,1-2H3,(H2,12,16)/t11-/m0/s1. The van der Waals surface area contributed by atoms with Gasteiger partial charge in [0.05, 0.1) is 12.0 Å². The fraction of sp³-hybridized carbons (Fsp3) is 0.727. The highest BCUT2D eigenvalue weighted by Crippen LogP contribution is 2.32. The fourth-order valence-corrected chi connectivity index (χ4v) is 2.42. The van der Waals surface area contributed by atoms with Crippen molar-refractivity contribution in [2.24, 2.45) is 5.73 Å². The van der Waals surface area contributed by atoms with Crippen LogP contribution >= 0.6 is 0 Å². The Kier molecular flexibility index (Phi) is 3.15. The number of carbonyl (C=O) groups is 1. The van der Waals surface area contributed by atoms with Crippen LogP contribution in [0.15, 0.2) is 4.52 Å². The van der Waals surface area contributed by atoms with E-state index in [-0.39, 0.29) is 11.3 Å². The number of nitrogens with zero attached hydrogens (tertiary/aromatic N) is 3. The lowest BCUT2D eigenvalue weighted by Gasteiger charge is -2.37. The van der Waals surface area contributed by atoms with Gasteiger partial charge in [0.1, 0.15) is 0 Å². The second-order valence-electron chi connectivity index (χ2n) is 4.99. The number of piperidine rings is 1. The Morgan fingerprint density at radius 3 is 3.00 bits per heavy atom. The minimum Gasteiger partial charge on any atom is -0.369 e. The molecule has 0 saturated carbocycles. The maximum atomic E-state index is 10.9. The SMILES string of the molecule is Cc1noc([C@@]2(C)CCCN(CC(N)=O)C2)n1. The maximum absolute atomic E-state index is 10.9. The largest absolute Gasteiger partial charge is 0.369 e. The summed E-state index contributed by atoms with van der Waals surface area (Å²) in [6.07, 6.45) is 2.00. The molecule has 1 aliphatic heterocycles. The quantitative estimate of drug-likeness (QED) is 0.814. The molecule has 1 fully saturated rings. The van der Waals surface area contributed by atoms with Crippen LogP contribution in [0, 0.1) is 6.92 Å². The van der Waals surface area contributed by atoms with Gasteiger partial charge in [0.15, 0.2) is 5.82 Å². The van der Waals surface area contributed by atoms with Gasteiger partial charge in [-0.1, -0.05) is 5.16 Å². The minimum absolute atomic E-state index is 0.172. The molecule has 1 aliphatic rings. The summed E-state index contributed by atoms with van der Waals surface area (Å²) in [5.74, 6) is 1.01. The van der Waals surface area contributed by atoms with Crippen molar-refractivity contribution in [2.45, 2.75) is 32.1 Å². The van der Waals surface area contributed by atoms with Gasteiger partial charge in [-0.25, -0.2) is 0 Å². The number of likely N-dealkylation sites (tertiary alicyclic amines) is 1. The molecule has 0 spiro atoms. The summed E-state index contributed by atoms with van der Waals surface area (Å²) in [5.41, 5.74) is 5.05. The molecule has 2 N–H and O–H groups in total. The number of hydrogen-bond donors (Lipinski definition) is 1. The van der Waals surface area contributed by atoms with Crippen LogP contribution in [0.1, 0.15) is 31.5 Å². The minimum atomic E-state index is -0.295. The van der Waals surface area contributed by atoms with Crippen molar-refractivity contribution in [3.8, 4) is 0 Å². The Hall–Kier alpha value is -1.43. The average Bonchev–Trinajstić information content (AvgIpc) is 2.64. The van der Waals surface area contributed by atoms with Crippen molar-refractivity contribution < 1.29 is 9.32 Å². The van der Waals surface area contributed by atoms with Gasteiger partial charge in [0, 0.05) is 6.54 Å². The second kappa shape index (κ2) is 4.44. The third-order valence-electron chi connectivity index (χ3n) is 3.20. The molecule has 0 aromatic carbocycles. The van der Waals surface area contributed by atoms with Crippen LogP contribution in [-0.2, 0) is 10.2 Å². The monoisotopic (exact) mass is 238 g/mol. The number of amides is 1. The first-order chi connectivity index (χ1) is 7.99. The van der Waals surface area contributed by atoms with E-state index in [9.17, 15) is 4.79 Å². The number of hydrogen-bond acceptors (Lipinski definition) is 5. The van der Waals surface area contributed by atoms with Crippen LogP contribution in [0.5, 0.6) is 0 Å². The Bertz CT molecular complexity index is 417. The van der Waals surface area contributed by atoms with Gasteiger partial charge in [0.25, 0.3) is 0 Å². The number of carbonyl (C=O) groups excluding carboxylic acids is 1. The summed E-state index contributed by atoms with van der Waals surface area (Å²) in [6, 6.07) is 0. The van der Waals surface area contributed by atoms with Crippen molar-refractivity contribution >= 4 is 5.91 Å². The second-order valence-corrected chi connectivity index (χ2v) is 4.99. The normalized spacial score (nSPS) is 26.0. The van der Waals surface area contributed by atoms with E-state index >= 15 is 0 Å². The molecule has 0 unspecified atom stereocenters. The molecule has 0 bridgehead atoms. The van der Waals surface area contributed by atoms with Crippen molar-refractivity contribution in [1.82, 2.24) is 15.0 Å². The van der Waals surface area contributed by atoms with Gasteiger partial charge < -0.3 is 10.3 Å². The van der Waals surface area contributed by atoms with Gasteiger partial charge >= 0.3 is 0 Å². The summed E-state index contributed by atoms with van der Waals surface area (Å²) >= 11 is 0. The number of primary amides is 1. The number of nitrogens with two attached hydrogens (primary N) is 1. The molecule has 17 heavy (non-hydrogen) atoms. The molecule has 6 nitrogen and oxygen atoms in total. The molecule has 1 atom stereocenters. The summed E-state index contributed by atoms with van der Waals surface area (Å²) in [7, 11) is 0. The maximum Gasteiger partial charge on any atom is 0.233 e. The van der Waals surface area contributed by atoms with Gasteiger partial charge in [-0.05, 0) is 33.2 Å². The molecule has 0 radical (unpaired) electrons. The number of aryl methyl sites for hydroxylation is 1. The van der Waals surface area contributed by atoms with Crippen molar-refractivity contribution in [2.75, 3.05) is 19.6 Å². The van der Waals surface area contributed by atoms with E-state index in [4.69, 9.17) is 10.3 Å². The summed E-state index contributed by atoms with van der Waals surface area (Å²) in [5, 5.41) is 3.83. The van der Waals surface area contributed by atoms with Crippen LogP contribution in [0.25, 0.3) is 0 Å². The van der Waals surface area contributed by atoms with E-state index in [0.717, 1.165) is 25.9 Å². The van der Waals surface area contributed by atoms with Crippen LogP contribution in [-0.4, -0.2) is 40.6 Å². The smallest absolute Gasteiger partial charge is 0.233 e. The zero-order valence-electron chi connectivity index (χ0n) is 10.3. The van der Waals surface area contributed by atoms with Gasteiger partial charge in [-0.2, -0.15) is 4.98 Å². The molecule has 6 heteroatoms. The van der Waals surface area contributed by atoms with E-state index in [1.807, 2.05) is 4.90 Å². The first kappa shape index (κ1) is 12.0. The highest BCUT2D eigenvalue weighted by atomic mass is 16.5. The highest BCUT2D eigenvalue weighted by Gasteiger charge is 2.37. The Morgan fingerprint density at radius 2 is 2.41 bits per heavy atom. The van der Waals surface area contributed by atoms with Crippen molar-refractivity contribution in [1.29, 1.82) is 0 Å². The van der Waals surface area contributed by atoms with E-state index in [1.54, 1.807) is 6.92 Å². The molecule has 2 rings (SSSR count). The summed E-state index contributed by atoms with van der Waals surface area (Å²) in [6.45, 7) is 5.82. The zero-order chi connectivity index (χ0) is 12.5. The van der Waals surface area contributed by atoms with Crippen LogP contribution in [0.3, 0.4) is 0 Å². The number of rotatable bonds is 3. The van der Waals surface area contributed by atoms with Crippen LogP contribution < -0.4 is 5.73 Å². The summed E-state index contributed by atoms with van der Waals surface area (Å²) in [4.78, 5) is 17.3. The third kappa shape index (κ3) is 2.63. The van der Waals surface area contributed by atoms with Crippen LogP contribution in [0.4, 0.5) is 0 Å². The molecular weight excluding hydrogens is 220 g/mol. The lowest BCUT2D eigenvalue weighted by atomic mass is 9.81. The lowest BCUT2D eigenvalue weighted by molar-refractivity contribution is -0.119. The van der Waals surface area contributed by atoms with E-state index < -0.39 is 0 Å². The Labute approximate surface area is 100 Å². The zero-order valence-corrected chi connectivity index (χ0v) is 10.3. The molecule has 2 heterocycles. The van der Waals surface area contributed by atoms with Crippen LogP contribution in [0.2, 0.25) is 0 Å². The Morgan fingerprint density at radius 1 is 1.65 bits per heavy atom.